The van der Waals surface area contributed by atoms with Crippen LogP contribution in [0.25, 0.3) is 6.08 Å². The second-order valence-electron chi connectivity index (χ2n) is 2.97. The van der Waals surface area contributed by atoms with Crippen molar-refractivity contribution in [2.45, 2.75) is 6.42 Å². The number of fused-ring (bicyclic) bond motifs is 1. The van der Waals surface area contributed by atoms with Gasteiger partial charge >= 0.3 is 0 Å². The van der Waals surface area contributed by atoms with Gasteiger partial charge in [-0.15, -0.1) is 0 Å². The number of hydrogen-bond donors (Lipinski definition) is 0. The summed E-state index contributed by atoms with van der Waals surface area (Å²) < 4.78 is 10.5. The zero-order valence-electron chi connectivity index (χ0n) is 8.33. The molecule has 2 rings (SSSR count). The topological polar surface area (TPSA) is 18.5 Å². The maximum Gasteiger partial charge on any atom is 0.126 e. The first-order valence-electron chi connectivity index (χ1n) is 4.27. The number of benzene rings is 1. The number of methoxy groups -OCH3 is 2. The molecule has 1 aromatic rings. The molecule has 14 heavy (non-hydrogen) atoms. The average molecular weight is 355 g/mol. The van der Waals surface area contributed by atoms with Crippen LogP contribution in [0.15, 0.2) is 18.2 Å². The van der Waals surface area contributed by atoms with E-state index in [0.717, 1.165) is 23.5 Å². The zero-order valence-corrected chi connectivity index (χ0v) is 11.9. The number of hydrogen-bond acceptors (Lipinski definition) is 2. The summed E-state index contributed by atoms with van der Waals surface area (Å²) in [5.74, 6) is 1.87. The van der Waals surface area contributed by atoms with Crippen molar-refractivity contribution >= 4 is 6.08 Å². The largest absolute Gasteiger partial charge is 0.496 e. The smallest absolute Gasteiger partial charge is 0.126 e. The Bertz CT molecular complexity index is 359. The van der Waals surface area contributed by atoms with E-state index in [2.05, 4.69) is 12.2 Å². The summed E-state index contributed by atoms with van der Waals surface area (Å²) >= 11 is 0. The zero-order chi connectivity index (χ0) is 9.26. The minimum atomic E-state index is 0. The van der Waals surface area contributed by atoms with E-state index in [1.54, 1.807) is 14.2 Å². The molecule has 0 heterocycles. The Hall–Kier alpha value is -0.570. The fourth-order valence-corrected chi connectivity index (χ4v) is 1.68. The summed E-state index contributed by atoms with van der Waals surface area (Å²) in [6.07, 6.45) is 5.14. The SMILES string of the molecule is COc1ccc(OC)c2c1C=CC2.[Hf]. The van der Waals surface area contributed by atoms with E-state index in [1.807, 2.05) is 12.1 Å². The van der Waals surface area contributed by atoms with E-state index in [4.69, 9.17) is 9.47 Å². The average Bonchev–Trinajstić information content (AvgIpc) is 2.64. The molecule has 1 aliphatic carbocycles. The predicted molar refractivity (Wildman–Crippen MR) is 52.3 cm³/mol. The molecule has 0 atom stereocenters. The van der Waals surface area contributed by atoms with E-state index in [9.17, 15) is 0 Å². The normalized spacial score (nSPS) is 11.9. The van der Waals surface area contributed by atoms with Crippen molar-refractivity contribution in [3.05, 3.63) is 29.3 Å². The second kappa shape index (κ2) is 4.78. The van der Waals surface area contributed by atoms with Crippen molar-refractivity contribution in [3.8, 4) is 11.5 Å². The molecule has 0 unspecified atom stereocenters. The van der Waals surface area contributed by atoms with Crippen molar-refractivity contribution in [1.82, 2.24) is 0 Å². The molecule has 0 fully saturated rings. The van der Waals surface area contributed by atoms with Crippen molar-refractivity contribution in [1.29, 1.82) is 0 Å². The Morgan fingerprint density at radius 1 is 1.07 bits per heavy atom. The first-order chi connectivity index (χ1) is 6.36. The van der Waals surface area contributed by atoms with Gasteiger partial charge in [0.15, 0.2) is 0 Å². The van der Waals surface area contributed by atoms with Crippen molar-refractivity contribution in [2.24, 2.45) is 0 Å². The molecule has 2 nitrogen and oxygen atoms in total. The van der Waals surface area contributed by atoms with Gasteiger partial charge in [-0.2, -0.15) is 0 Å². The Balaban J connectivity index is 0.000000980. The van der Waals surface area contributed by atoms with E-state index in [-0.39, 0.29) is 25.8 Å². The van der Waals surface area contributed by atoms with Gasteiger partial charge in [0.05, 0.1) is 14.2 Å². The van der Waals surface area contributed by atoms with Crippen LogP contribution in [0.2, 0.25) is 0 Å². The number of allylic oxidation sites excluding steroid dienone is 1. The Labute approximate surface area is 103 Å². The van der Waals surface area contributed by atoms with E-state index in [1.165, 1.54) is 5.56 Å². The van der Waals surface area contributed by atoms with Gasteiger partial charge in [-0.05, 0) is 18.6 Å². The predicted octanol–water partition coefficient (Wildman–Crippen LogP) is 2.27. The van der Waals surface area contributed by atoms with Gasteiger partial charge in [-0.3, -0.25) is 0 Å². The van der Waals surface area contributed by atoms with Crippen LogP contribution in [-0.4, -0.2) is 14.2 Å². The first-order valence-corrected chi connectivity index (χ1v) is 4.27. The van der Waals surface area contributed by atoms with Gasteiger partial charge in [-0.25, -0.2) is 0 Å². The van der Waals surface area contributed by atoms with Gasteiger partial charge in [0.25, 0.3) is 0 Å². The van der Waals surface area contributed by atoms with Crippen LogP contribution in [0.5, 0.6) is 11.5 Å². The van der Waals surface area contributed by atoms with Crippen molar-refractivity contribution in [2.75, 3.05) is 14.2 Å². The maximum absolute atomic E-state index is 5.26. The summed E-state index contributed by atoms with van der Waals surface area (Å²) in [6, 6.07) is 3.89. The number of rotatable bonds is 2. The van der Waals surface area contributed by atoms with E-state index >= 15 is 0 Å². The molecule has 0 radical (unpaired) electrons. The van der Waals surface area contributed by atoms with Gasteiger partial charge in [0.1, 0.15) is 11.5 Å². The second-order valence-corrected chi connectivity index (χ2v) is 2.97. The third-order valence-electron chi connectivity index (χ3n) is 2.32. The molecular formula is C11H12HfO2. The third kappa shape index (κ3) is 1.78. The van der Waals surface area contributed by atoms with Crippen LogP contribution >= 0.6 is 0 Å². The van der Waals surface area contributed by atoms with E-state index < -0.39 is 0 Å². The third-order valence-corrected chi connectivity index (χ3v) is 2.32. The van der Waals surface area contributed by atoms with Crippen LogP contribution in [-0.2, 0) is 32.3 Å². The van der Waals surface area contributed by atoms with Crippen LogP contribution in [0.4, 0.5) is 0 Å². The van der Waals surface area contributed by atoms with Gasteiger partial charge in [0.2, 0.25) is 0 Å². The molecule has 0 aliphatic heterocycles. The maximum atomic E-state index is 5.26. The molecule has 0 spiro atoms. The van der Waals surface area contributed by atoms with Crippen molar-refractivity contribution in [3.63, 3.8) is 0 Å². The fourth-order valence-electron chi connectivity index (χ4n) is 1.68. The molecule has 72 valence electrons. The van der Waals surface area contributed by atoms with Crippen LogP contribution in [0, 0.1) is 0 Å². The Morgan fingerprint density at radius 3 is 2.36 bits per heavy atom. The Morgan fingerprint density at radius 2 is 1.71 bits per heavy atom. The van der Waals surface area contributed by atoms with Crippen LogP contribution < -0.4 is 9.47 Å². The molecule has 0 saturated carbocycles. The minimum absolute atomic E-state index is 0. The van der Waals surface area contributed by atoms with Gasteiger partial charge < -0.3 is 9.47 Å². The van der Waals surface area contributed by atoms with Crippen LogP contribution in [0.3, 0.4) is 0 Å². The summed E-state index contributed by atoms with van der Waals surface area (Å²) in [6.45, 7) is 0. The molecule has 0 amide bonds. The molecule has 1 aliphatic rings. The van der Waals surface area contributed by atoms with E-state index in [0.29, 0.717) is 0 Å². The standard InChI is InChI=1S/C11H12O2.Hf/c1-12-10-6-7-11(13-2)9-5-3-4-8(9)10;/h3-4,6-7H,5H2,1-2H3;. The van der Waals surface area contributed by atoms with Gasteiger partial charge in [-0.1, -0.05) is 12.2 Å². The monoisotopic (exact) mass is 356 g/mol. The molecular weight excluding hydrogens is 343 g/mol. The molecule has 1 aromatic carbocycles. The summed E-state index contributed by atoms with van der Waals surface area (Å²) in [5, 5.41) is 0. The van der Waals surface area contributed by atoms with Crippen LogP contribution in [0.1, 0.15) is 11.1 Å². The Kier molecular flexibility index (Phi) is 3.93. The molecule has 3 heteroatoms. The molecule has 0 bridgehead atoms. The van der Waals surface area contributed by atoms with Gasteiger partial charge in [0, 0.05) is 37.0 Å². The first kappa shape index (κ1) is 11.5. The summed E-state index contributed by atoms with van der Waals surface area (Å²) in [5.41, 5.74) is 2.38. The number of ether oxygens (including phenoxy) is 2. The molecule has 0 aromatic heterocycles. The fraction of sp³-hybridized carbons (Fsp3) is 0.273. The summed E-state index contributed by atoms with van der Waals surface area (Å²) in [4.78, 5) is 0. The quantitative estimate of drug-likeness (QED) is 0.759. The van der Waals surface area contributed by atoms with Crippen molar-refractivity contribution < 1.29 is 35.3 Å². The molecule has 0 N–H and O–H groups in total. The summed E-state index contributed by atoms with van der Waals surface area (Å²) in [7, 11) is 3.38. The minimum Gasteiger partial charge on any atom is -0.496 e. The molecule has 0 saturated heterocycles.